The zero-order valence-corrected chi connectivity index (χ0v) is 16.8. The summed E-state index contributed by atoms with van der Waals surface area (Å²) in [4.78, 5) is 23.7. The predicted octanol–water partition coefficient (Wildman–Crippen LogP) is 0.690. The molecule has 1 heterocycles. The number of β-amino-alcohol motifs (C(OH)–C–C–N with tert-alkyl or cyclic N) is 1. The number of sulfonamides is 1. The standard InChI is InChI=1S/C16H17Cl2N3O6S/c17-12-3-2-11(7-13(12)18)28(25,26)21-8-10(22)6-14(21)16(24)27-9-15(23)20-5-1-4-19/h2-3,7,10,14,22H,1,5-6,8-9H2,(H,20,23). The van der Waals surface area contributed by atoms with E-state index < -0.39 is 40.7 Å². The summed E-state index contributed by atoms with van der Waals surface area (Å²) in [5, 5.41) is 20.8. The number of nitrogens with zero attached hydrogens (tertiary/aromatic N) is 2. The molecule has 0 aromatic heterocycles. The lowest BCUT2D eigenvalue weighted by Crippen LogP contribution is -2.42. The van der Waals surface area contributed by atoms with Crippen LogP contribution < -0.4 is 5.32 Å². The molecule has 1 fully saturated rings. The van der Waals surface area contributed by atoms with E-state index in [9.17, 15) is 23.1 Å². The Kier molecular flexibility index (Phi) is 7.63. The first-order valence-corrected chi connectivity index (χ1v) is 10.3. The van der Waals surface area contributed by atoms with Crippen LogP contribution in [0.5, 0.6) is 0 Å². The molecule has 28 heavy (non-hydrogen) atoms. The molecule has 0 radical (unpaired) electrons. The molecule has 2 unspecified atom stereocenters. The van der Waals surface area contributed by atoms with Crippen LogP contribution in [0.2, 0.25) is 10.0 Å². The molecule has 0 saturated carbocycles. The fourth-order valence-electron chi connectivity index (χ4n) is 2.58. The number of hydrogen-bond donors (Lipinski definition) is 2. The predicted molar refractivity (Wildman–Crippen MR) is 99.0 cm³/mol. The number of carbonyl (C=O) groups is 2. The quantitative estimate of drug-likeness (QED) is 0.461. The number of halogens is 2. The average molecular weight is 450 g/mol. The first kappa shape index (κ1) is 22.4. The van der Waals surface area contributed by atoms with E-state index in [1.165, 1.54) is 12.1 Å². The third-order valence-corrected chi connectivity index (χ3v) is 6.52. The van der Waals surface area contributed by atoms with Crippen LogP contribution in [0.25, 0.3) is 0 Å². The molecule has 2 rings (SSSR count). The monoisotopic (exact) mass is 449 g/mol. The van der Waals surface area contributed by atoms with Gasteiger partial charge in [-0.1, -0.05) is 23.2 Å². The second kappa shape index (κ2) is 9.54. The Balaban J connectivity index is 2.11. The summed E-state index contributed by atoms with van der Waals surface area (Å²) in [6, 6.07) is 4.24. The fraction of sp³-hybridized carbons (Fsp3) is 0.438. The summed E-state index contributed by atoms with van der Waals surface area (Å²) in [6.07, 6.45) is -1.14. The van der Waals surface area contributed by atoms with Gasteiger partial charge in [-0.2, -0.15) is 9.57 Å². The van der Waals surface area contributed by atoms with Gasteiger partial charge >= 0.3 is 5.97 Å². The maximum atomic E-state index is 12.9. The zero-order valence-electron chi connectivity index (χ0n) is 14.5. The summed E-state index contributed by atoms with van der Waals surface area (Å²) in [5.41, 5.74) is 0. The van der Waals surface area contributed by atoms with Crippen molar-refractivity contribution in [3.63, 3.8) is 0 Å². The van der Waals surface area contributed by atoms with E-state index in [0.717, 1.165) is 10.4 Å². The van der Waals surface area contributed by atoms with E-state index >= 15 is 0 Å². The van der Waals surface area contributed by atoms with Crippen LogP contribution in [0.1, 0.15) is 12.8 Å². The molecule has 1 aromatic carbocycles. The number of esters is 1. The van der Waals surface area contributed by atoms with Gasteiger partial charge in [-0.3, -0.25) is 9.59 Å². The molecule has 2 N–H and O–H groups in total. The topological polar surface area (TPSA) is 137 Å². The van der Waals surface area contributed by atoms with Gasteiger partial charge in [-0.25, -0.2) is 8.42 Å². The minimum absolute atomic E-state index is 0.0238. The van der Waals surface area contributed by atoms with Gasteiger partial charge in [0.25, 0.3) is 5.91 Å². The van der Waals surface area contributed by atoms with Crippen molar-refractivity contribution in [2.75, 3.05) is 19.7 Å². The van der Waals surface area contributed by atoms with Gasteiger partial charge in [0, 0.05) is 19.5 Å². The number of amides is 1. The maximum absolute atomic E-state index is 12.9. The van der Waals surface area contributed by atoms with Gasteiger partial charge in [0.1, 0.15) is 6.04 Å². The van der Waals surface area contributed by atoms with Crippen LogP contribution >= 0.6 is 23.2 Å². The van der Waals surface area contributed by atoms with Gasteiger partial charge < -0.3 is 15.2 Å². The van der Waals surface area contributed by atoms with E-state index in [0.29, 0.717) is 0 Å². The van der Waals surface area contributed by atoms with E-state index in [1.807, 2.05) is 6.07 Å². The number of aliphatic hydroxyl groups excluding tert-OH is 1. The molecule has 0 aliphatic carbocycles. The first-order valence-electron chi connectivity index (χ1n) is 8.12. The summed E-state index contributed by atoms with van der Waals surface area (Å²) >= 11 is 11.7. The minimum atomic E-state index is -4.17. The molecule has 12 heteroatoms. The highest BCUT2D eigenvalue weighted by Crippen LogP contribution is 2.30. The van der Waals surface area contributed by atoms with Crippen molar-refractivity contribution >= 4 is 45.1 Å². The summed E-state index contributed by atoms with van der Waals surface area (Å²) < 4.78 is 31.4. The van der Waals surface area contributed by atoms with Crippen molar-refractivity contribution < 1.29 is 27.9 Å². The molecule has 9 nitrogen and oxygen atoms in total. The zero-order chi connectivity index (χ0) is 20.9. The van der Waals surface area contributed by atoms with Gasteiger partial charge in [-0.05, 0) is 18.2 Å². The first-order chi connectivity index (χ1) is 13.2. The van der Waals surface area contributed by atoms with Crippen molar-refractivity contribution in [3.8, 4) is 6.07 Å². The number of carbonyl (C=O) groups excluding carboxylic acids is 2. The molecule has 1 aromatic rings. The third kappa shape index (κ3) is 5.33. The highest BCUT2D eigenvalue weighted by atomic mass is 35.5. The summed E-state index contributed by atoms with van der Waals surface area (Å²) in [7, 11) is -4.17. The van der Waals surface area contributed by atoms with Crippen LogP contribution in [0, 0.1) is 11.3 Å². The van der Waals surface area contributed by atoms with Gasteiger partial charge in [0.2, 0.25) is 10.0 Å². The molecule has 0 spiro atoms. The molecule has 1 aliphatic rings. The van der Waals surface area contributed by atoms with Crippen molar-refractivity contribution in [3.05, 3.63) is 28.2 Å². The Morgan fingerprint density at radius 2 is 2.07 bits per heavy atom. The van der Waals surface area contributed by atoms with Crippen molar-refractivity contribution in [2.45, 2.75) is 29.9 Å². The molecule has 152 valence electrons. The second-order valence-corrected chi connectivity index (χ2v) is 8.63. The molecular weight excluding hydrogens is 433 g/mol. The lowest BCUT2D eigenvalue weighted by Gasteiger charge is -2.22. The van der Waals surface area contributed by atoms with Crippen LogP contribution in [0.3, 0.4) is 0 Å². The van der Waals surface area contributed by atoms with E-state index in [1.54, 1.807) is 0 Å². The second-order valence-electron chi connectivity index (χ2n) is 5.92. The van der Waals surface area contributed by atoms with Crippen LogP contribution in [0.4, 0.5) is 0 Å². The Morgan fingerprint density at radius 3 is 2.71 bits per heavy atom. The summed E-state index contributed by atoms with van der Waals surface area (Å²) in [6.45, 7) is -0.832. The highest BCUT2D eigenvalue weighted by Gasteiger charge is 2.44. The number of ether oxygens (including phenoxy) is 1. The Hall–Kier alpha value is -1.90. The Bertz CT molecular complexity index is 902. The molecule has 2 atom stereocenters. The molecule has 0 bridgehead atoms. The fourth-order valence-corrected chi connectivity index (χ4v) is 4.59. The number of hydrogen-bond acceptors (Lipinski definition) is 7. The molecule has 1 aliphatic heterocycles. The van der Waals surface area contributed by atoms with E-state index in [4.69, 9.17) is 33.2 Å². The van der Waals surface area contributed by atoms with Crippen molar-refractivity contribution in [1.82, 2.24) is 9.62 Å². The van der Waals surface area contributed by atoms with E-state index in [2.05, 4.69) is 5.32 Å². The smallest absolute Gasteiger partial charge is 0.325 e. The number of benzene rings is 1. The van der Waals surface area contributed by atoms with Crippen molar-refractivity contribution in [2.24, 2.45) is 0 Å². The highest BCUT2D eigenvalue weighted by molar-refractivity contribution is 7.89. The molecule has 1 amide bonds. The Morgan fingerprint density at radius 1 is 1.36 bits per heavy atom. The van der Waals surface area contributed by atoms with Crippen LogP contribution in [-0.4, -0.2) is 61.5 Å². The summed E-state index contributed by atoms with van der Waals surface area (Å²) in [5.74, 6) is -1.59. The largest absolute Gasteiger partial charge is 0.454 e. The number of nitriles is 1. The van der Waals surface area contributed by atoms with Crippen molar-refractivity contribution in [1.29, 1.82) is 5.26 Å². The van der Waals surface area contributed by atoms with Gasteiger partial charge in [-0.15, -0.1) is 0 Å². The van der Waals surface area contributed by atoms with Gasteiger partial charge in [0.15, 0.2) is 6.61 Å². The number of nitrogens with one attached hydrogen (secondary N) is 1. The lowest BCUT2D eigenvalue weighted by molar-refractivity contribution is -0.151. The molecule has 1 saturated heterocycles. The SMILES string of the molecule is N#CCCNC(=O)COC(=O)C1CC(O)CN1S(=O)(=O)c1ccc(Cl)c(Cl)c1. The minimum Gasteiger partial charge on any atom is -0.454 e. The Labute approximate surface area is 171 Å². The number of aliphatic hydroxyl groups is 1. The molecular formula is C16H17Cl2N3O6S. The van der Waals surface area contributed by atoms with Crippen LogP contribution in [-0.2, 0) is 24.3 Å². The number of rotatable bonds is 7. The lowest BCUT2D eigenvalue weighted by atomic mass is 10.2. The third-order valence-electron chi connectivity index (χ3n) is 3.91. The van der Waals surface area contributed by atoms with Gasteiger partial charge in [0.05, 0.1) is 33.5 Å². The van der Waals surface area contributed by atoms with Crippen LogP contribution in [0.15, 0.2) is 23.1 Å². The average Bonchev–Trinajstić information content (AvgIpc) is 3.05. The normalized spacial score (nSPS) is 19.8. The maximum Gasteiger partial charge on any atom is 0.325 e. The van der Waals surface area contributed by atoms with E-state index in [-0.39, 0.29) is 40.9 Å².